The lowest BCUT2D eigenvalue weighted by Gasteiger charge is -2.22. The van der Waals surface area contributed by atoms with E-state index in [1.165, 1.54) is 23.3 Å². The fraction of sp³-hybridized carbons (Fsp3) is 0.500. The Labute approximate surface area is 103 Å². The maximum absolute atomic E-state index is 11.9. The van der Waals surface area contributed by atoms with E-state index in [-0.39, 0.29) is 12.2 Å². The van der Waals surface area contributed by atoms with Gasteiger partial charge in [0.2, 0.25) is 0 Å². The Hall–Kier alpha value is -1.47. The largest absolute Gasteiger partial charge is 0.480 e. The maximum atomic E-state index is 11.9. The molecule has 17 heavy (non-hydrogen) atoms. The standard InChI is InChI=1S/C10H15N3O3S/c1-3-7(10(15)16)13(2)9(14)6-5-17-8(4-11)12-6/h5,7H,3-4,11H2,1-2H3,(H,15,16). The van der Waals surface area contributed by atoms with E-state index in [0.717, 1.165) is 0 Å². The number of carboxylic acid groups (broad SMARTS) is 1. The van der Waals surface area contributed by atoms with Crippen LogP contribution in [0.5, 0.6) is 0 Å². The molecule has 0 spiro atoms. The third-order valence-electron chi connectivity index (χ3n) is 2.41. The van der Waals surface area contributed by atoms with Crippen LogP contribution in [0.4, 0.5) is 0 Å². The average Bonchev–Trinajstić information content (AvgIpc) is 2.76. The topological polar surface area (TPSA) is 96.5 Å². The Kier molecular flexibility index (Phi) is 4.59. The minimum atomic E-state index is -1.02. The normalized spacial score (nSPS) is 12.2. The Morgan fingerprint density at radius 2 is 2.29 bits per heavy atom. The second kappa shape index (κ2) is 5.74. The van der Waals surface area contributed by atoms with Crippen molar-refractivity contribution in [3.63, 3.8) is 0 Å². The van der Waals surface area contributed by atoms with E-state index < -0.39 is 17.9 Å². The fourth-order valence-electron chi connectivity index (χ4n) is 1.44. The van der Waals surface area contributed by atoms with Gasteiger partial charge in [0.15, 0.2) is 0 Å². The van der Waals surface area contributed by atoms with Crippen LogP contribution in [0.3, 0.4) is 0 Å². The minimum absolute atomic E-state index is 0.248. The Morgan fingerprint density at radius 3 is 2.71 bits per heavy atom. The lowest BCUT2D eigenvalue weighted by Crippen LogP contribution is -2.42. The zero-order chi connectivity index (χ0) is 13.0. The molecule has 7 heteroatoms. The Bertz CT molecular complexity index is 419. The molecule has 6 nitrogen and oxygen atoms in total. The lowest BCUT2D eigenvalue weighted by molar-refractivity contribution is -0.142. The third-order valence-corrected chi connectivity index (χ3v) is 3.28. The van der Waals surface area contributed by atoms with E-state index in [0.29, 0.717) is 11.4 Å². The van der Waals surface area contributed by atoms with E-state index in [4.69, 9.17) is 10.8 Å². The van der Waals surface area contributed by atoms with Gasteiger partial charge in [0.05, 0.1) is 0 Å². The summed E-state index contributed by atoms with van der Waals surface area (Å²) in [5.41, 5.74) is 5.65. The van der Waals surface area contributed by atoms with Crippen molar-refractivity contribution in [3.8, 4) is 0 Å². The van der Waals surface area contributed by atoms with Crippen molar-refractivity contribution in [2.24, 2.45) is 5.73 Å². The molecule has 0 saturated carbocycles. The number of aliphatic carboxylic acids is 1. The number of rotatable bonds is 5. The first-order chi connectivity index (χ1) is 8.01. The van der Waals surface area contributed by atoms with E-state index in [1.54, 1.807) is 12.3 Å². The molecular weight excluding hydrogens is 242 g/mol. The van der Waals surface area contributed by atoms with Gasteiger partial charge in [0.25, 0.3) is 5.91 Å². The van der Waals surface area contributed by atoms with Gasteiger partial charge in [-0.3, -0.25) is 4.79 Å². The summed E-state index contributed by atoms with van der Waals surface area (Å²) in [4.78, 5) is 28.1. The van der Waals surface area contributed by atoms with Crippen molar-refractivity contribution < 1.29 is 14.7 Å². The van der Waals surface area contributed by atoms with E-state index in [9.17, 15) is 9.59 Å². The van der Waals surface area contributed by atoms with Crippen LogP contribution >= 0.6 is 11.3 Å². The average molecular weight is 257 g/mol. The van der Waals surface area contributed by atoms with Gasteiger partial charge in [-0.15, -0.1) is 11.3 Å². The van der Waals surface area contributed by atoms with Crippen molar-refractivity contribution in [3.05, 3.63) is 16.1 Å². The second-order valence-corrected chi connectivity index (χ2v) is 4.45. The Balaban J connectivity index is 2.85. The van der Waals surface area contributed by atoms with Crippen molar-refractivity contribution in [1.82, 2.24) is 9.88 Å². The molecule has 0 aliphatic carbocycles. The highest BCUT2D eigenvalue weighted by Crippen LogP contribution is 2.13. The molecule has 0 radical (unpaired) electrons. The number of hydrogen-bond donors (Lipinski definition) is 2. The van der Waals surface area contributed by atoms with Crippen LogP contribution in [0.2, 0.25) is 0 Å². The van der Waals surface area contributed by atoms with Crippen molar-refractivity contribution in [1.29, 1.82) is 0 Å². The molecule has 0 saturated heterocycles. The molecule has 94 valence electrons. The van der Waals surface area contributed by atoms with Crippen molar-refractivity contribution in [2.45, 2.75) is 25.9 Å². The van der Waals surface area contributed by atoms with Gasteiger partial charge in [-0.25, -0.2) is 9.78 Å². The number of thiazole rings is 1. The van der Waals surface area contributed by atoms with Gasteiger partial charge in [0, 0.05) is 19.0 Å². The van der Waals surface area contributed by atoms with Gasteiger partial charge in [-0.1, -0.05) is 6.92 Å². The molecule has 1 rings (SSSR count). The SMILES string of the molecule is CCC(C(=O)O)N(C)C(=O)c1csc(CN)n1. The van der Waals surface area contributed by atoms with Gasteiger partial charge in [-0.05, 0) is 6.42 Å². The molecule has 1 amide bonds. The molecule has 1 aromatic rings. The number of carbonyl (C=O) groups excluding carboxylic acids is 1. The molecule has 1 aromatic heterocycles. The first-order valence-corrected chi connectivity index (χ1v) is 6.03. The van der Waals surface area contributed by atoms with E-state index in [1.807, 2.05) is 0 Å². The van der Waals surface area contributed by atoms with Gasteiger partial charge >= 0.3 is 5.97 Å². The first kappa shape index (κ1) is 13.6. The van der Waals surface area contributed by atoms with E-state index >= 15 is 0 Å². The van der Waals surface area contributed by atoms with Crippen LogP contribution in [-0.2, 0) is 11.3 Å². The summed E-state index contributed by atoms with van der Waals surface area (Å²) in [7, 11) is 1.46. The summed E-state index contributed by atoms with van der Waals surface area (Å²) in [6.45, 7) is 1.99. The molecule has 1 unspecified atom stereocenters. The maximum Gasteiger partial charge on any atom is 0.326 e. The summed E-state index contributed by atoms with van der Waals surface area (Å²) < 4.78 is 0. The molecule has 0 bridgehead atoms. The summed E-state index contributed by atoms with van der Waals surface area (Å²) in [5.74, 6) is -1.41. The zero-order valence-electron chi connectivity index (χ0n) is 9.71. The Morgan fingerprint density at radius 1 is 1.65 bits per heavy atom. The lowest BCUT2D eigenvalue weighted by atomic mass is 10.2. The number of carbonyl (C=O) groups is 2. The highest BCUT2D eigenvalue weighted by Gasteiger charge is 2.26. The number of carboxylic acids is 1. The van der Waals surface area contributed by atoms with Crippen LogP contribution in [0.25, 0.3) is 0 Å². The molecule has 1 heterocycles. The third kappa shape index (κ3) is 3.01. The molecule has 0 aromatic carbocycles. The number of likely N-dealkylation sites (N-methyl/N-ethyl adjacent to an activating group) is 1. The zero-order valence-corrected chi connectivity index (χ0v) is 10.5. The number of hydrogen-bond acceptors (Lipinski definition) is 5. The predicted octanol–water partition coefficient (Wildman–Crippen LogP) is 0.537. The molecule has 0 aliphatic heterocycles. The molecule has 3 N–H and O–H groups in total. The summed E-state index contributed by atoms with van der Waals surface area (Å²) in [6, 6.07) is -0.828. The number of amides is 1. The van der Waals surface area contributed by atoms with Gasteiger partial charge < -0.3 is 15.7 Å². The van der Waals surface area contributed by atoms with Crippen LogP contribution in [0.1, 0.15) is 28.8 Å². The molecule has 0 fully saturated rings. The number of nitrogens with two attached hydrogens (primary N) is 1. The van der Waals surface area contributed by atoms with Crippen LogP contribution in [0.15, 0.2) is 5.38 Å². The number of nitrogens with zero attached hydrogens (tertiary/aromatic N) is 2. The quantitative estimate of drug-likeness (QED) is 0.802. The smallest absolute Gasteiger partial charge is 0.326 e. The molecule has 0 aliphatic rings. The highest BCUT2D eigenvalue weighted by atomic mass is 32.1. The fourth-order valence-corrected chi connectivity index (χ4v) is 2.09. The summed E-state index contributed by atoms with van der Waals surface area (Å²) in [5, 5.41) is 11.2. The van der Waals surface area contributed by atoms with Crippen molar-refractivity contribution >= 4 is 23.2 Å². The monoisotopic (exact) mass is 257 g/mol. The van der Waals surface area contributed by atoms with Crippen molar-refractivity contribution in [2.75, 3.05) is 7.05 Å². The van der Waals surface area contributed by atoms with Crippen LogP contribution in [-0.4, -0.2) is 40.0 Å². The summed E-state index contributed by atoms with van der Waals surface area (Å²) >= 11 is 1.29. The van der Waals surface area contributed by atoms with Gasteiger partial charge in [-0.2, -0.15) is 0 Å². The second-order valence-electron chi connectivity index (χ2n) is 3.51. The first-order valence-electron chi connectivity index (χ1n) is 5.15. The number of aromatic nitrogens is 1. The molecular formula is C10H15N3O3S. The predicted molar refractivity (Wildman–Crippen MR) is 63.8 cm³/mol. The van der Waals surface area contributed by atoms with E-state index in [2.05, 4.69) is 4.98 Å². The highest BCUT2D eigenvalue weighted by molar-refractivity contribution is 7.09. The minimum Gasteiger partial charge on any atom is -0.480 e. The molecule has 1 atom stereocenters. The van der Waals surface area contributed by atoms with Crippen LogP contribution in [0, 0.1) is 0 Å². The summed E-state index contributed by atoms with van der Waals surface area (Å²) in [6.07, 6.45) is 0.353. The van der Waals surface area contributed by atoms with Gasteiger partial charge in [0.1, 0.15) is 16.7 Å². The van der Waals surface area contributed by atoms with Crippen LogP contribution < -0.4 is 5.73 Å².